The Kier molecular flexibility index (Phi) is 5.30. The van der Waals surface area contributed by atoms with Gasteiger partial charge in [-0.3, -0.25) is 0 Å². The Hall–Kier alpha value is 0.160. The van der Waals surface area contributed by atoms with E-state index in [0.717, 1.165) is 20.2 Å². The summed E-state index contributed by atoms with van der Waals surface area (Å²) in [5, 5.41) is 1.58. The molecular formula is C13H11Br3OS. The van der Waals surface area contributed by atoms with Crippen molar-refractivity contribution in [3.8, 4) is 16.2 Å². The summed E-state index contributed by atoms with van der Waals surface area (Å²) < 4.78 is 6.64. The van der Waals surface area contributed by atoms with E-state index < -0.39 is 0 Å². The predicted molar refractivity (Wildman–Crippen MR) is 89.3 cm³/mol. The van der Waals surface area contributed by atoms with Crippen LogP contribution in [0.5, 0.6) is 5.75 Å². The molecule has 0 fully saturated rings. The van der Waals surface area contributed by atoms with E-state index in [1.807, 2.05) is 0 Å². The van der Waals surface area contributed by atoms with Gasteiger partial charge in [-0.05, 0) is 45.8 Å². The SMILES string of the molecule is COc1c(CBr)cc(-c2ccc(Br)s2)cc1CBr. The highest BCUT2D eigenvalue weighted by Crippen LogP contribution is 2.37. The van der Waals surface area contributed by atoms with Crippen LogP contribution in [0.2, 0.25) is 0 Å². The third kappa shape index (κ3) is 3.00. The minimum Gasteiger partial charge on any atom is -0.496 e. The van der Waals surface area contributed by atoms with Gasteiger partial charge in [0.05, 0.1) is 10.9 Å². The molecule has 0 saturated carbocycles. The first kappa shape index (κ1) is 14.6. The smallest absolute Gasteiger partial charge is 0.126 e. The topological polar surface area (TPSA) is 9.23 Å². The van der Waals surface area contributed by atoms with Gasteiger partial charge in [-0.25, -0.2) is 0 Å². The normalized spacial score (nSPS) is 10.7. The Morgan fingerprint density at radius 3 is 2.11 bits per heavy atom. The number of hydrogen-bond acceptors (Lipinski definition) is 2. The Balaban J connectivity index is 2.56. The lowest BCUT2D eigenvalue weighted by Crippen LogP contribution is -1.95. The molecule has 0 atom stereocenters. The summed E-state index contributed by atoms with van der Waals surface area (Å²) in [6.45, 7) is 0. The molecule has 5 heteroatoms. The van der Waals surface area contributed by atoms with Crippen molar-refractivity contribution in [3.05, 3.63) is 39.2 Å². The van der Waals surface area contributed by atoms with Crippen LogP contribution in [0.15, 0.2) is 28.1 Å². The van der Waals surface area contributed by atoms with Crippen molar-refractivity contribution in [3.63, 3.8) is 0 Å². The summed E-state index contributed by atoms with van der Waals surface area (Å²) in [4.78, 5) is 1.26. The van der Waals surface area contributed by atoms with Gasteiger partial charge in [0, 0.05) is 26.7 Å². The van der Waals surface area contributed by atoms with E-state index in [9.17, 15) is 0 Å². The van der Waals surface area contributed by atoms with E-state index in [1.165, 1.54) is 21.6 Å². The zero-order valence-corrected chi connectivity index (χ0v) is 15.2. The van der Waals surface area contributed by atoms with Crippen LogP contribution in [0.1, 0.15) is 11.1 Å². The molecule has 2 aromatic rings. The lowest BCUT2D eigenvalue weighted by atomic mass is 10.0. The second kappa shape index (κ2) is 6.55. The molecule has 0 bridgehead atoms. The molecule has 1 nitrogen and oxygen atoms in total. The van der Waals surface area contributed by atoms with Crippen molar-refractivity contribution >= 4 is 59.1 Å². The van der Waals surface area contributed by atoms with Crippen LogP contribution in [-0.2, 0) is 10.7 Å². The van der Waals surface area contributed by atoms with Crippen LogP contribution in [0, 0.1) is 0 Å². The molecule has 0 saturated heterocycles. The molecule has 1 heterocycles. The third-order valence-electron chi connectivity index (χ3n) is 2.59. The number of ether oxygens (including phenoxy) is 1. The Morgan fingerprint density at radius 2 is 1.72 bits per heavy atom. The van der Waals surface area contributed by atoms with Crippen molar-refractivity contribution < 1.29 is 4.74 Å². The molecule has 18 heavy (non-hydrogen) atoms. The monoisotopic (exact) mass is 452 g/mol. The molecule has 0 aliphatic carbocycles. The zero-order chi connectivity index (χ0) is 13.1. The van der Waals surface area contributed by atoms with Crippen molar-refractivity contribution in [2.45, 2.75) is 10.7 Å². The van der Waals surface area contributed by atoms with Crippen LogP contribution < -0.4 is 4.74 Å². The number of methoxy groups -OCH3 is 1. The van der Waals surface area contributed by atoms with E-state index in [4.69, 9.17) is 4.74 Å². The second-order valence-electron chi connectivity index (χ2n) is 3.70. The maximum Gasteiger partial charge on any atom is 0.126 e. The van der Waals surface area contributed by atoms with Gasteiger partial charge in [0.25, 0.3) is 0 Å². The van der Waals surface area contributed by atoms with Gasteiger partial charge in [0.2, 0.25) is 0 Å². The molecule has 1 aromatic carbocycles. The van der Waals surface area contributed by atoms with Crippen molar-refractivity contribution in [1.29, 1.82) is 0 Å². The molecule has 0 aliphatic heterocycles. The van der Waals surface area contributed by atoms with Crippen molar-refractivity contribution in [2.24, 2.45) is 0 Å². The molecular weight excluding hydrogens is 444 g/mol. The molecule has 1 aromatic heterocycles. The number of hydrogen-bond donors (Lipinski definition) is 0. The van der Waals surface area contributed by atoms with Gasteiger partial charge >= 0.3 is 0 Å². The van der Waals surface area contributed by atoms with E-state index in [1.54, 1.807) is 18.4 Å². The minimum atomic E-state index is 0.788. The average molecular weight is 455 g/mol. The van der Waals surface area contributed by atoms with Crippen molar-refractivity contribution in [1.82, 2.24) is 0 Å². The highest BCUT2D eigenvalue weighted by molar-refractivity contribution is 9.11. The minimum absolute atomic E-state index is 0.788. The summed E-state index contributed by atoms with van der Waals surface area (Å²) >= 11 is 12.3. The van der Waals surface area contributed by atoms with Crippen LogP contribution in [0.25, 0.3) is 10.4 Å². The summed E-state index contributed by atoms with van der Waals surface area (Å²) in [5.74, 6) is 0.961. The van der Waals surface area contributed by atoms with E-state index in [2.05, 4.69) is 72.1 Å². The Morgan fingerprint density at radius 1 is 1.11 bits per heavy atom. The molecule has 0 spiro atoms. The summed E-state index contributed by atoms with van der Waals surface area (Å²) in [7, 11) is 1.72. The van der Waals surface area contributed by atoms with Gasteiger partial charge in [-0.1, -0.05) is 31.9 Å². The number of rotatable bonds is 4. The first-order valence-electron chi connectivity index (χ1n) is 5.27. The van der Waals surface area contributed by atoms with E-state index in [0.29, 0.717) is 0 Å². The van der Waals surface area contributed by atoms with Crippen LogP contribution in [0.4, 0.5) is 0 Å². The van der Waals surface area contributed by atoms with Gasteiger partial charge < -0.3 is 4.74 Å². The Bertz CT molecular complexity index is 526. The fourth-order valence-electron chi connectivity index (χ4n) is 1.83. The summed E-state index contributed by atoms with van der Waals surface area (Å²) in [5.41, 5.74) is 3.58. The Labute approximate surface area is 136 Å². The fraction of sp³-hybridized carbons (Fsp3) is 0.231. The first-order chi connectivity index (χ1) is 8.69. The second-order valence-corrected chi connectivity index (χ2v) is 7.28. The average Bonchev–Trinajstić information content (AvgIpc) is 2.83. The lowest BCUT2D eigenvalue weighted by molar-refractivity contribution is 0.408. The van der Waals surface area contributed by atoms with Crippen molar-refractivity contribution in [2.75, 3.05) is 7.11 Å². The van der Waals surface area contributed by atoms with Crippen LogP contribution >= 0.6 is 59.1 Å². The van der Waals surface area contributed by atoms with E-state index in [-0.39, 0.29) is 0 Å². The van der Waals surface area contributed by atoms with Gasteiger partial charge in [0.15, 0.2) is 0 Å². The quantitative estimate of drug-likeness (QED) is 0.516. The lowest BCUT2D eigenvalue weighted by Gasteiger charge is -2.13. The third-order valence-corrected chi connectivity index (χ3v) is 5.47. The molecule has 2 rings (SSSR count). The molecule has 0 aliphatic rings. The van der Waals surface area contributed by atoms with Crippen LogP contribution in [0.3, 0.4) is 0 Å². The highest BCUT2D eigenvalue weighted by Gasteiger charge is 2.12. The molecule has 0 amide bonds. The van der Waals surface area contributed by atoms with Crippen LogP contribution in [-0.4, -0.2) is 7.11 Å². The molecule has 0 N–H and O–H groups in total. The maximum atomic E-state index is 5.49. The predicted octanol–water partition coefficient (Wildman–Crippen LogP) is 5.98. The first-order valence-corrected chi connectivity index (χ1v) is 9.12. The largest absolute Gasteiger partial charge is 0.496 e. The number of alkyl halides is 2. The standard InChI is InChI=1S/C13H11Br3OS/c1-17-13-9(6-14)4-8(5-10(13)7-15)11-2-3-12(16)18-11/h2-5H,6-7H2,1H3. The highest BCUT2D eigenvalue weighted by atomic mass is 79.9. The fourth-order valence-corrected chi connectivity index (χ4v) is 4.03. The zero-order valence-electron chi connectivity index (χ0n) is 9.67. The number of benzene rings is 1. The van der Waals surface area contributed by atoms with Gasteiger partial charge in [-0.2, -0.15) is 0 Å². The van der Waals surface area contributed by atoms with E-state index >= 15 is 0 Å². The molecule has 0 unspecified atom stereocenters. The van der Waals surface area contributed by atoms with Gasteiger partial charge in [-0.15, -0.1) is 11.3 Å². The molecule has 0 radical (unpaired) electrons. The number of halogens is 3. The number of thiophene rings is 1. The summed E-state index contributed by atoms with van der Waals surface area (Å²) in [6.07, 6.45) is 0. The van der Waals surface area contributed by atoms with Gasteiger partial charge in [0.1, 0.15) is 5.75 Å². The summed E-state index contributed by atoms with van der Waals surface area (Å²) in [6, 6.07) is 8.56. The molecule has 96 valence electrons. The maximum absolute atomic E-state index is 5.49.